The standard InChI is InChI=1S/C3H5ClOSi/c4-3(5)1-2-6/h1-2H,6H3. The van der Waals surface area contributed by atoms with Gasteiger partial charge in [0.05, 0.1) is 0 Å². The highest BCUT2D eigenvalue weighted by Gasteiger charge is 1.77. The summed E-state index contributed by atoms with van der Waals surface area (Å²) in [5.41, 5.74) is 1.73. The minimum absolute atomic E-state index is 0.384. The van der Waals surface area contributed by atoms with Crippen LogP contribution in [-0.2, 0) is 4.79 Å². The van der Waals surface area contributed by atoms with Gasteiger partial charge >= 0.3 is 0 Å². The van der Waals surface area contributed by atoms with Crippen molar-refractivity contribution in [2.24, 2.45) is 0 Å². The molecule has 0 radical (unpaired) electrons. The lowest BCUT2D eigenvalue weighted by atomic mass is 10.7. The summed E-state index contributed by atoms with van der Waals surface area (Å²) >= 11 is 4.87. The summed E-state index contributed by atoms with van der Waals surface area (Å²) in [7, 11) is 0.901. The zero-order chi connectivity index (χ0) is 4.99. The van der Waals surface area contributed by atoms with Crippen LogP contribution in [0.15, 0.2) is 11.8 Å². The number of hydrogen-bond donors (Lipinski definition) is 0. The maximum absolute atomic E-state index is 9.74. The SMILES string of the molecule is O=C(Cl)C=C[SiH3]. The molecule has 0 fully saturated rings. The molecular weight excluding hydrogens is 116 g/mol. The highest BCUT2D eigenvalue weighted by Crippen LogP contribution is 1.77. The molecule has 0 saturated heterocycles. The van der Waals surface area contributed by atoms with Crippen molar-refractivity contribution in [2.75, 3.05) is 0 Å². The molecule has 0 aliphatic heterocycles. The summed E-state index contributed by atoms with van der Waals surface area (Å²) in [6.45, 7) is 0. The molecule has 0 bridgehead atoms. The minimum Gasteiger partial charge on any atom is -0.276 e. The molecule has 0 rings (SSSR count). The molecule has 0 unspecified atom stereocenters. The van der Waals surface area contributed by atoms with Crippen molar-refractivity contribution in [3.63, 3.8) is 0 Å². The van der Waals surface area contributed by atoms with Gasteiger partial charge in [0.25, 0.3) is 0 Å². The first-order valence-electron chi connectivity index (χ1n) is 1.59. The Bertz CT molecular complexity index is 78.9. The maximum Gasteiger partial charge on any atom is 0.244 e. The van der Waals surface area contributed by atoms with Crippen LogP contribution in [0.5, 0.6) is 0 Å². The van der Waals surface area contributed by atoms with E-state index in [4.69, 9.17) is 11.6 Å². The highest BCUT2D eigenvalue weighted by atomic mass is 35.5. The van der Waals surface area contributed by atoms with E-state index in [1.165, 1.54) is 6.08 Å². The average molecular weight is 121 g/mol. The van der Waals surface area contributed by atoms with E-state index in [2.05, 4.69) is 0 Å². The number of allylic oxidation sites excluding steroid dienone is 1. The van der Waals surface area contributed by atoms with Gasteiger partial charge in [-0.25, -0.2) is 0 Å². The topological polar surface area (TPSA) is 17.1 Å². The molecule has 0 aromatic heterocycles. The molecule has 0 amide bonds. The van der Waals surface area contributed by atoms with E-state index in [1.54, 1.807) is 5.70 Å². The van der Waals surface area contributed by atoms with Crippen LogP contribution in [0.25, 0.3) is 0 Å². The predicted molar refractivity (Wildman–Crippen MR) is 29.9 cm³/mol. The second-order valence-corrected chi connectivity index (χ2v) is 1.84. The molecule has 0 spiro atoms. The zero-order valence-corrected chi connectivity index (χ0v) is 6.20. The van der Waals surface area contributed by atoms with Crippen LogP contribution in [0.3, 0.4) is 0 Å². The van der Waals surface area contributed by atoms with Gasteiger partial charge in [-0.1, -0.05) is 0 Å². The Morgan fingerprint density at radius 3 is 2.33 bits per heavy atom. The van der Waals surface area contributed by atoms with Crippen molar-refractivity contribution in [1.82, 2.24) is 0 Å². The van der Waals surface area contributed by atoms with Gasteiger partial charge in [-0.3, -0.25) is 4.79 Å². The fraction of sp³-hybridized carbons (Fsp3) is 0. The van der Waals surface area contributed by atoms with Crippen LogP contribution in [0.4, 0.5) is 0 Å². The van der Waals surface area contributed by atoms with E-state index in [0.717, 1.165) is 10.2 Å². The van der Waals surface area contributed by atoms with E-state index in [9.17, 15) is 4.79 Å². The Hall–Kier alpha value is -0.0831. The molecule has 0 N–H and O–H groups in total. The van der Waals surface area contributed by atoms with Crippen molar-refractivity contribution in [3.05, 3.63) is 11.8 Å². The lowest BCUT2D eigenvalue weighted by Crippen LogP contribution is -1.71. The Labute approximate surface area is 44.4 Å². The number of halogens is 1. The Balaban J connectivity index is 3.30. The molecule has 0 atom stereocenters. The van der Waals surface area contributed by atoms with Gasteiger partial charge in [-0.05, 0) is 17.7 Å². The summed E-state index contributed by atoms with van der Waals surface area (Å²) in [4.78, 5) is 9.74. The van der Waals surface area contributed by atoms with E-state index >= 15 is 0 Å². The number of hydrogen-bond acceptors (Lipinski definition) is 1. The summed E-state index contributed by atoms with van der Waals surface area (Å²) in [5.74, 6) is 0. The Morgan fingerprint density at radius 1 is 1.83 bits per heavy atom. The molecule has 3 heteroatoms. The molecule has 1 nitrogen and oxygen atoms in total. The third kappa shape index (κ3) is 3.92. The van der Waals surface area contributed by atoms with Gasteiger partial charge < -0.3 is 0 Å². The van der Waals surface area contributed by atoms with Crippen LogP contribution in [0, 0.1) is 0 Å². The molecular formula is C3H5ClOSi. The lowest BCUT2D eigenvalue weighted by molar-refractivity contribution is -0.107. The third-order valence-electron chi connectivity index (χ3n) is 0.298. The van der Waals surface area contributed by atoms with Crippen LogP contribution >= 0.6 is 11.6 Å². The molecule has 6 heavy (non-hydrogen) atoms. The number of carbonyl (C=O) groups excluding carboxylic acids is 1. The Kier molecular flexibility index (Phi) is 3.08. The first-order chi connectivity index (χ1) is 2.77. The van der Waals surface area contributed by atoms with E-state index in [1.807, 2.05) is 0 Å². The summed E-state index contributed by atoms with van der Waals surface area (Å²) in [5, 5.41) is -0.384. The molecule has 34 valence electrons. The van der Waals surface area contributed by atoms with Gasteiger partial charge in [-0.15, -0.1) is 5.70 Å². The smallest absolute Gasteiger partial charge is 0.244 e. The minimum atomic E-state index is -0.384. The van der Waals surface area contributed by atoms with Gasteiger partial charge in [0, 0.05) is 10.2 Å². The highest BCUT2D eigenvalue weighted by molar-refractivity contribution is 6.66. The predicted octanol–water partition coefficient (Wildman–Crippen LogP) is -0.369. The summed E-state index contributed by atoms with van der Waals surface area (Å²) in [6, 6.07) is 0. The van der Waals surface area contributed by atoms with E-state index in [-0.39, 0.29) is 5.24 Å². The fourth-order valence-electron chi connectivity index (χ4n) is 0.131. The quantitative estimate of drug-likeness (QED) is 0.262. The van der Waals surface area contributed by atoms with Crippen molar-refractivity contribution in [1.29, 1.82) is 0 Å². The Morgan fingerprint density at radius 2 is 2.33 bits per heavy atom. The second kappa shape index (κ2) is 3.12. The molecule has 0 saturated carbocycles. The lowest BCUT2D eigenvalue weighted by Gasteiger charge is -1.64. The fourth-order valence-corrected chi connectivity index (χ4v) is 0.771. The van der Waals surface area contributed by atoms with Gasteiger partial charge in [0.15, 0.2) is 0 Å². The van der Waals surface area contributed by atoms with Crippen LogP contribution in [0.1, 0.15) is 0 Å². The maximum atomic E-state index is 9.74. The molecule has 0 aliphatic carbocycles. The molecule has 0 aliphatic rings. The monoisotopic (exact) mass is 120 g/mol. The van der Waals surface area contributed by atoms with E-state index in [0.29, 0.717) is 0 Å². The zero-order valence-electron chi connectivity index (χ0n) is 3.44. The number of rotatable bonds is 1. The molecule has 0 heterocycles. The first kappa shape index (κ1) is 5.92. The third-order valence-corrected chi connectivity index (χ3v) is 0.757. The summed E-state index contributed by atoms with van der Waals surface area (Å²) < 4.78 is 0. The average Bonchev–Trinajstić information content (AvgIpc) is 1.35. The molecule has 0 aromatic carbocycles. The van der Waals surface area contributed by atoms with Gasteiger partial charge in [0.2, 0.25) is 5.24 Å². The largest absolute Gasteiger partial charge is 0.276 e. The van der Waals surface area contributed by atoms with Crippen LogP contribution in [0.2, 0.25) is 0 Å². The van der Waals surface area contributed by atoms with Gasteiger partial charge in [-0.2, -0.15) is 0 Å². The van der Waals surface area contributed by atoms with Crippen LogP contribution < -0.4 is 0 Å². The first-order valence-corrected chi connectivity index (χ1v) is 3.13. The normalized spacial score (nSPS) is 10.2. The van der Waals surface area contributed by atoms with Crippen molar-refractivity contribution >= 4 is 27.1 Å². The second-order valence-electron chi connectivity index (χ2n) is 0.804. The van der Waals surface area contributed by atoms with Crippen LogP contribution in [-0.4, -0.2) is 15.5 Å². The number of carbonyl (C=O) groups is 1. The summed E-state index contributed by atoms with van der Waals surface area (Å²) in [6.07, 6.45) is 1.35. The van der Waals surface area contributed by atoms with Crippen molar-refractivity contribution < 1.29 is 4.79 Å². The van der Waals surface area contributed by atoms with Gasteiger partial charge in [0.1, 0.15) is 0 Å². The molecule has 0 aromatic rings. The van der Waals surface area contributed by atoms with E-state index < -0.39 is 0 Å². The van der Waals surface area contributed by atoms with Crippen molar-refractivity contribution in [2.45, 2.75) is 0 Å². The van der Waals surface area contributed by atoms with Crippen molar-refractivity contribution in [3.8, 4) is 0 Å².